The summed E-state index contributed by atoms with van der Waals surface area (Å²) in [4.78, 5) is 13.5. The lowest BCUT2D eigenvalue weighted by molar-refractivity contribution is -0.118. The molecular formula is C13H17NO3. The lowest BCUT2D eigenvalue weighted by atomic mass is 10.1. The predicted octanol–water partition coefficient (Wildman–Crippen LogP) is 1.87. The molecule has 1 aromatic carbocycles. The van der Waals surface area contributed by atoms with E-state index in [-0.39, 0.29) is 5.78 Å². The molecule has 0 aliphatic carbocycles. The van der Waals surface area contributed by atoms with Crippen LogP contribution in [0, 0.1) is 0 Å². The number of ether oxygens (including phenoxy) is 2. The highest BCUT2D eigenvalue weighted by Crippen LogP contribution is 2.33. The fourth-order valence-electron chi connectivity index (χ4n) is 2.09. The molecule has 92 valence electrons. The Bertz CT molecular complexity index is 417. The van der Waals surface area contributed by atoms with Crippen molar-refractivity contribution in [2.45, 2.75) is 12.8 Å². The molecule has 1 aliphatic rings. The number of ketones is 1. The third-order valence-electron chi connectivity index (χ3n) is 2.98. The van der Waals surface area contributed by atoms with Crippen molar-refractivity contribution >= 4 is 11.5 Å². The summed E-state index contributed by atoms with van der Waals surface area (Å²) < 4.78 is 10.5. The maximum absolute atomic E-state index is 11.5. The molecule has 2 rings (SSSR count). The van der Waals surface area contributed by atoms with E-state index in [4.69, 9.17) is 9.47 Å². The highest BCUT2D eigenvalue weighted by molar-refractivity contribution is 5.85. The number of carbonyl (C=O) groups is 1. The summed E-state index contributed by atoms with van der Waals surface area (Å²) in [5.41, 5.74) is 0.930. The van der Waals surface area contributed by atoms with Crippen molar-refractivity contribution in [2.24, 2.45) is 0 Å². The molecule has 0 N–H and O–H groups in total. The molecule has 1 aromatic rings. The Kier molecular flexibility index (Phi) is 3.52. The van der Waals surface area contributed by atoms with E-state index in [1.165, 1.54) is 0 Å². The normalized spacial score (nSPS) is 15.9. The van der Waals surface area contributed by atoms with E-state index in [0.29, 0.717) is 13.0 Å². The Balaban J connectivity index is 2.30. The van der Waals surface area contributed by atoms with Gasteiger partial charge >= 0.3 is 0 Å². The van der Waals surface area contributed by atoms with Crippen molar-refractivity contribution in [3.8, 4) is 11.5 Å². The first kappa shape index (κ1) is 11.8. The van der Waals surface area contributed by atoms with Crippen LogP contribution in [0.1, 0.15) is 12.8 Å². The topological polar surface area (TPSA) is 38.8 Å². The molecule has 17 heavy (non-hydrogen) atoms. The summed E-state index contributed by atoms with van der Waals surface area (Å²) in [5, 5.41) is 0. The molecule has 0 radical (unpaired) electrons. The van der Waals surface area contributed by atoms with Gasteiger partial charge in [-0.15, -0.1) is 0 Å². The van der Waals surface area contributed by atoms with Gasteiger partial charge in [0, 0.05) is 19.0 Å². The highest BCUT2D eigenvalue weighted by Gasteiger charge is 2.20. The van der Waals surface area contributed by atoms with Gasteiger partial charge in [0.05, 0.1) is 26.5 Å². The fourth-order valence-corrected chi connectivity index (χ4v) is 2.09. The smallest absolute Gasteiger partial charge is 0.152 e. The fraction of sp³-hybridized carbons (Fsp3) is 0.462. The van der Waals surface area contributed by atoms with Crippen LogP contribution in [0.25, 0.3) is 0 Å². The van der Waals surface area contributed by atoms with Gasteiger partial charge in [-0.2, -0.15) is 0 Å². The minimum Gasteiger partial charge on any atom is -0.497 e. The SMILES string of the molecule is COc1ccc(OC)c(N2CCCC(=O)C2)c1. The first-order valence-electron chi connectivity index (χ1n) is 5.73. The number of hydrogen-bond acceptors (Lipinski definition) is 4. The quantitative estimate of drug-likeness (QED) is 0.801. The largest absolute Gasteiger partial charge is 0.497 e. The van der Waals surface area contributed by atoms with Gasteiger partial charge in [0.1, 0.15) is 11.5 Å². The molecule has 0 spiro atoms. The van der Waals surface area contributed by atoms with Crippen LogP contribution in [-0.2, 0) is 4.79 Å². The molecule has 0 amide bonds. The van der Waals surface area contributed by atoms with Crippen LogP contribution in [0.3, 0.4) is 0 Å². The maximum atomic E-state index is 11.5. The van der Waals surface area contributed by atoms with Crippen LogP contribution in [0.5, 0.6) is 11.5 Å². The van der Waals surface area contributed by atoms with Crippen LogP contribution < -0.4 is 14.4 Å². The van der Waals surface area contributed by atoms with Gasteiger partial charge in [0.2, 0.25) is 0 Å². The van der Waals surface area contributed by atoms with Crippen LogP contribution in [0.4, 0.5) is 5.69 Å². The van der Waals surface area contributed by atoms with Gasteiger partial charge in [-0.25, -0.2) is 0 Å². The standard InChI is InChI=1S/C13H17NO3/c1-16-11-5-6-13(17-2)12(8-11)14-7-3-4-10(15)9-14/h5-6,8H,3-4,7,9H2,1-2H3. The third-order valence-corrected chi connectivity index (χ3v) is 2.98. The van der Waals surface area contributed by atoms with Gasteiger partial charge in [-0.3, -0.25) is 4.79 Å². The molecule has 1 saturated heterocycles. The summed E-state index contributed by atoms with van der Waals surface area (Å²) >= 11 is 0. The van der Waals surface area contributed by atoms with E-state index in [1.54, 1.807) is 14.2 Å². The lowest BCUT2D eigenvalue weighted by Gasteiger charge is -2.29. The Hall–Kier alpha value is -1.71. The predicted molar refractivity (Wildman–Crippen MR) is 66.0 cm³/mol. The van der Waals surface area contributed by atoms with Gasteiger partial charge in [0.15, 0.2) is 5.78 Å². The second kappa shape index (κ2) is 5.08. The molecule has 1 aliphatic heterocycles. The van der Waals surface area contributed by atoms with E-state index in [1.807, 2.05) is 23.1 Å². The summed E-state index contributed by atoms with van der Waals surface area (Å²) in [6.45, 7) is 1.35. The van der Waals surface area contributed by atoms with E-state index in [2.05, 4.69) is 0 Å². The summed E-state index contributed by atoms with van der Waals surface area (Å²) in [6.07, 6.45) is 1.59. The number of anilines is 1. The minimum absolute atomic E-state index is 0.279. The molecule has 1 fully saturated rings. The number of benzene rings is 1. The zero-order valence-electron chi connectivity index (χ0n) is 10.2. The number of rotatable bonds is 3. The Morgan fingerprint density at radius 3 is 2.71 bits per heavy atom. The first-order chi connectivity index (χ1) is 8.24. The van der Waals surface area contributed by atoms with E-state index in [0.717, 1.165) is 30.2 Å². The van der Waals surface area contributed by atoms with Gasteiger partial charge in [0.25, 0.3) is 0 Å². The average molecular weight is 235 g/mol. The van der Waals surface area contributed by atoms with Gasteiger partial charge in [-0.1, -0.05) is 0 Å². The zero-order chi connectivity index (χ0) is 12.3. The third kappa shape index (κ3) is 2.52. The molecule has 0 aromatic heterocycles. The van der Waals surface area contributed by atoms with Crippen molar-refractivity contribution < 1.29 is 14.3 Å². The number of Topliss-reactive ketones (excluding diaryl/α,β-unsaturated/α-hetero) is 1. The summed E-state index contributed by atoms with van der Waals surface area (Å²) in [5.74, 6) is 1.83. The monoisotopic (exact) mass is 235 g/mol. The molecule has 0 unspecified atom stereocenters. The maximum Gasteiger partial charge on any atom is 0.152 e. The number of carbonyl (C=O) groups excluding carboxylic acids is 1. The molecule has 0 saturated carbocycles. The zero-order valence-corrected chi connectivity index (χ0v) is 10.2. The van der Waals surface area contributed by atoms with Crippen molar-refractivity contribution in [1.29, 1.82) is 0 Å². The number of hydrogen-bond donors (Lipinski definition) is 0. The van der Waals surface area contributed by atoms with E-state index in [9.17, 15) is 4.79 Å². The molecule has 0 bridgehead atoms. The Morgan fingerprint density at radius 1 is 1.24 bits per heavy atom. The Morgan fingerprint density at radius 2 is 2.06 bits per heavy atom. The first-order valence-corrected chi connectivity index (χ1v) is 5.73. The van der Waals surface area contributed by atoms with Crippen molar-refractivity contribution in [3.63, 3.8) is 0 Å². The van der Waals surface area contributed by atoms with Crippen molar-refractivity contribution in [3.05, 3.63) is 18.2 Å². The molecule has 1 heterocycles. The molecule has 4 heteroatoms. The van der Waals surface area contributed by atoms with E-state index >= 15 is 0 Å². The highest BCUT2D eigenvalue weighted by atomic mass is 16.5. The molecule has 4 nitrogen and oxygen atoms in total. The second-order valence-electron chi connectivity index (χ2n) is 4.10. The molecule has 0 atom stereocenters. The van der Waals surface area contributed by atoms with Crippen LogP contribution >= 0.6 is 0 Å². The number of methoxy groups -OCH3 is 2. The minimum atomic E-state index is 0.279. The van der Waals surface area contributed by atoms with Gasteiger partial charge < -0.3 is 14.4 Å². The van der Waals surface area contributed by atoms with E-state index < -0.39 is 0 Å². The average Bonchev–Trinajstić information content (AvgIpc) is 2.38. The molecular weight excluding hydrogens is 218 g/mol. The van der Waals surface area contributed by atoms with Crippen LogP contribution in [-0.4, -0.2) is 33.1 Å². The Labute approximate surface area is 101 Å². The number of nitrogens with zero attached hydrogens (tertiary/aromatic N) is 1. The summed E-state index contributed by atoms with van der Waals surface area (Å²) in [6, 6.07) is 5.64. The van der Waals surface area contributed by atoms with Crippen LogP contribution in [0.2, 0.25) is 0 Å². The second-order valence-corrected chi connectivity index (χ2v) is 4.10. The lowest BCUT2D eigenvalue weighted by Crippen LogP contribution is -2.35. The van der Waals surface area contributed by atoms with Crippen molar-refractivity contribution in [1.82, 2.24) is 0 Å². The van der Waals surface area contributed by atoms with Crippen LogP contribution in [0.15, 0.2) is 18.2 Å². The van der Waals surface area contributed by atoms with Crippen molar-refractivity contribution in [2.75, 3.05) is 32.2 Å². The summed E-state index contributed by atoms with van der Waals surface area (Å²) in [7, 11) is 3.27. The number of piperidine rings is 1. The van der Waals surface area contributed by atoms with Gasteiger partial charge in [-0.05, 0) is 18.6 Å².